The number of nitrogens with one attached hydrogen (secondary N) is 1. The van der Waals surface area contributed by atoms with Crippen LogP contribution < -0.4 is 5.32 Å². The van der Waals surface area contributed by atoms with E-state index < -0.39 is 29.3 Å². The van der Waals surface area contributed by atoms with Gasteiger partial charge in [0.05, 0.1) is 12.0 Å². The van der Waals surface area contributed by atoms with Crippen LogP contribution in [0, 0.1) is 17.3 Å². The van der Waals surface area contributed by atoms with Gasteiger partial charge in [-0.05, 0) is 76.5 Å². The van der Waals surface area contributed by atoms with E-state index >= 15 is 0 Å². The lowest BCUT2D eigenvalue weighted by atomic mass is 9.46. The van der Waals surface area contributed by atoms with Gasteiger partial charge in [0.15, 0.2) is 0 Å². The minimum atomic E-state index is -0.932. The molecule has 4 rings (SSSR count). The van der Waals surface area contributed by atoms with Gasteiger partial charge in [0.1, 0.15) is 5.60 Å². The summed E-state index contributed by atoms with van der Waals surface area (Å²) in [4.78, 5) is 23.6. The molecule has 3 N–H and O–H groups in total. The monoisotopic (exact) mass is 339 g/mol. The van der Waals surface area contributed by atoms with Gasteiger partial charge in [-0.2, -0.15) is 0 Å². The van der Waals surface area contributed by atoms with Crippen molar-refractivity contribution in [1.82, 2.24) is 5.32 Å². The van der Waals surface area contributed by atoms with Gasteiger partial charge in [0.2, 0.25) is 0 Å². The van der Waals surface area contributed by atoms with Crippen LogP contribution in [0.15, 0.2) is 0 Å². The van der Waals surface area contributed by atoms with Crippen LogP contribution in [0.25, 0.3) is 0 Å². The average Bonchev–Trinajstić information content (AvgIpc) is 2.31. The molecule has 0 saturated heterocycles. The number of aliphatic carboxylic acids is 1. The van der Waals surface area contributed by atoms with Gasteiger partial charge in [-0.1, -0.05) is 0 Å². The molecule has 3 atom stereocenters. The molecule has 4 aliphatic carbocycles. The van der Waals surface area contributed by atoms with Crippen LogP contribution in [0.1, 0.15) is 65.7 Å². The second kappa shape index (κ2) is 5.61. The summed E-state index contributed by atoms with van der Waals surface area (Å²) < 4.78 is 5.33. The molecule has 6 nitrogen and oxygen atoms in total. The minimum absolute atomic E-state index is 0.130. The minimum Gasteiger partial charge on any atom is -0.481 e. The summed E-state index contributed by atoms with van der Waals surface area (Å²) >= 11 is 0. The summed E-state index contributed by atoms with van der Waals surface area (Å²) in [6.45, 7) is 5.35. The maximum atomic E-state index is 12.2. The third kappa shape index (κ3) is 3.53. The third-order valence-corrected chi connectivity index (χ3v) is 5.88. The largest absolute Gasteiger partial charge is 0.481 e. The van der Waals surface area contributed by atoms with Crippen molar-refractivity contribution in [2.45, 2.75) is 83.0 Å². The van der Waals surface area contributed by atoms with Gasteiger partial charge in [-0.15, -0.1) is 0 Å². The molecule has 4 bridgehead atoms. The summed E-state index contributed by atoms with van der Waals surface area (Å²) in [5.41, 5.74) is -1.64. The van der Waals surface area contributed by atoms with Crippen LogP contribution in [0.5, 0.6) is 0 Å². The van der Waals surface area contributed by atoms with E-state index in [1.165, 1.54) is 0 Å². The van der Waals surface area contributed by atoms with Crippen molar-refractivity contribution < 1.29 is 24.5 Å². The van der Waals surface area contributed by atoms with Crippen LogP contribution in [-0.2, 0) is 9.53 Å². The number of hydrogen-bond acceptors (Lipinski definition) is 4. The molecule has 0 aliphatic heterocycles. The predicted molar refractivity (Wildman–Crippen MR) is 87.5 cm³/mol. The number of carbonyl (C=O) groups is 2. The Kier molecular flexibility index (Phi) is 4.10. The second-order valence-corrected chi connectivity index (χ2v) is 9.34. The molecular formula is C18H29NO5. The third-order valence-electron chi connectivity index (χ3n) is 5.88. The summed E-state index contributed by atoms with van der Waals surface area (Å²) in [5, 5.41) is 23.0. The van der Waals surface area contributed by atoms with Crippen molar-refractivity contribution in [1.29, 1.82) is 0 Å². The number of carboxylic acids is 1. The lowest BCUT2D eigenvalue weighted by Crippen LogP contribution is -2.62. The standard InChI is InChI=1S/C18H29NO5/c1-16(2,3)24-15(22)19-13(5-14(20)21)17-6-11-4-12(7-17)9-18(23,8-11)10-17/h11-13,23H,4-10H2,1-3H3,(H,19,22)(H,20,21)/t11-,12-,13+,17?,18?/m0/s1. The van der Waals surface area contributed by atoms with E-state index in [1.54, 1.807) is 20.8 Å². The molecule has 0 aromatic rings. The molecule has 0 unspecified atom stereocenters. The number of amides is 1. The highest BCUT2D eigenvalue weighted by Crippen LogP contribution is 2.63. The van der Waals surface area contributed by atoms with Crippen molar-refractivity contribution in [2.75, 3.05) is 0 Å². The quantitative estimate of drug-likeness (QED) is 0.732. The molecule has 0 spiro atoms. The number of carbonyl (C=O) groups excluding carboxylic acids is 1. The number of carboxylic acid groups (broad SMARTS) is 1. The Morgan fingerprint density at radius 1 is 1.21 bits per heavy atom. The van der Waals surface area contributed by atoms with Gasteiger partial charge in [0.25, 0.3) is 0 Å². The van der Waals surface area contributed by atoms with E-state index in [0.29, 0.717) is 18.3 Å². The van der Waals surface area contributed by atoms with Gasteiger partial charge < -0.3 is 20.3 Å². The Labute approximate surface area is 143 Å². The lowest BCUT2D eigenvalue weighted by Gasteiger charge is -2.62. The second-order valence-electron chi connectivity index (χ2n) is 9.34. The van der Waals surface area contributed by atoms with Crippen molar-refractivity contribution in [3.8, 4) is 0 Å². The first-order chi connectivity index (χ1) is 11.0. The topological polar surface area (TPSA) is 95.9 Å². The smallest absolute Gasteiger partial charge is 0.407 e. The molecule has 0 heterocycles. The molecule has 136 valence electrons. The van der Waals surface area contributed by atoms with Crippen molar-refractivity contribution in [3.05, 3.63) is 0 Å². The maximum absolute atomic E-state index is 12.2. The average molecular weight is 339 g/mol. The fourth-order valence-electron chi connectivity index (χ4n) is 5.74. The van der Waals surface area contributed by atoms with Crippen LogP contribution in [0.3, 0.4) is 0 Å². The molecule has 4 fully saturated rings. The summed E-state index contributed by atoms with van der Waals surface area (Å²) in [6.07, 6.45) is 4.41. The highest BCUT2D eigenvalue weighted by molar-refractivity contribution is 5.72. The summed E-state index contributed by atoms with van der Waals surface area (Å²) in [7, 11) is 0. The van der Waals surface area contributed by atoms with Crippen LogP contribution >= 0.6 is 0 Å². The fraction of sp³-hybridized carbons (Fsp3) is 0.889. The van der Waals surface area contributed by atoms with Crippen molar-refractivity contribution >= 4 is 12.1 Å². The van der Waals surface area contributed by atoms with E-state index in [9.17, 15) is 19.8 Å². The van der Waals surface area contributed by atoms with Crippen LogP contribution in [0.2, 0.25) is 0 Å². The number of ether oxygens (including phenoxy) is 1. The lowest BCUT2D eigenvalue weighted by molar-refractivity contribution is -0.176. The zero-order valence-electron chi connectivity index (χ0n) is 14.8. The van der Waals surface area contributed by atoms with Gasteiger partial charge >= 0.3 is 12.1 Å². The van der Waals surface area contributed by atoms with E-state index in [4.69, 9.17) is 4.74 Å². The molecule has 0 aromatic heterocycles. The Morgan fingerprint density at radius 2 is 1.79 bits per heavy atom. The van der Waals surface area contributed by atoms with E-state index in [2.05, 4.69) is 5.32 Å². The zero-order valence-corrected chi connectivity index (χ0v) is 14.8. The van der Waals surface area contributed by atoms with E-state index in [-0.39, 0.29) is 11.8 Å². The van der Waals surface area contributed by atoms with Gasteiger partial charge in [-0.25, -0.2) is 4.79 Å². The molecule has 0 radical (unpaired) electrons. The van der Waals surface area contributed by atoms with Crippen LogP contribution in [-0.4, -0.2) is 39.5 Å². The zero-order chi connectivity index (χ0) is 17.8. The van der Waals surface area contributed by atoms with Gasteiger partial charge in [0, 0.05) is 6.04 Å². The fourth-order valence-corrected chi connectivity index (χ4v) is 5.74. The maximum Gasteiger partial charge on any atom is 0.407 e. The van der Waals surface area contributed by atoms with Crippen molar-refractivity contribution in [3.63, 3.8) is 0 Å². The highest BCUT2D eigenvalue weighted by atomic mass is 16.6. The number of hydrogen-bond donors (Lipinski definition) is 3. The van der Waals surface area contributed by atoms with Gasteiger partial charge in [-0.3, -0.25) is 4.79 Å². The Bertz CT molecular complexity index is 524. The Balaban J connectivity index is 1.81. The highest BCUT2D eigenvalue weighted by Gasteiger charge is 2.60. The molecule has 6 heteroatoms. The SMILES string of the molecule is CC(C)(C)OC(=O)N[C@H](CC(=O)O)C12C[C@@H]3C[C@H](CC(O)(C3)C1)C2. The van der Waals surface area contributed by atoms with Crippen molar-refractivity contribution in [2.24, 2.45) is 17.3 Å². The number of alkyl carbamates (subject to hydrolysis) is 1. The van der Waals surface area contributed by atoms with E-state index in [0.717, 1.165) is 32.1 Å². The first-order valence-electron chi connectivity index (χ1n) is 8.92. The summed E-state index contributed by atoms with van der Waals surface area (Å²) in [5.74, 6) is -0.0558. The Hall–Kier alpha value is -1.30. The number of rotatable bonds is 4. The predicted octanol–water partition coefficient (Wildman–Crippen LogP) is 2.69. The molecule has 4 aliphatic rings. The molecule has 0 aromatic carbocycles. The molecule has 24 heavy (non-hydrogen) atoms. The normalized spacial score (nSPS) is 38.7. The number of aliphatic hydroxyl groups is 1. The van der Waals surface area contributed by atoms with Crippen LogP contribution in [0.4, 0.5) is 4.79 Å². The molecular weight excluding hydrogens is 310 g/mol. The molecule has 4 saturated carbocycles. The first kappa shape index (κ1) is 17.5. The molecule has 1 amide bonds. The first-order valence-corrected chi connectivity index (χ1v) is 8.92. The Morgan fingerprint density at radius 3 is 2.25 bits per heavy atom. The summed E-state index contributed by atoms with van der Waals surface area (Å²) in [6, 6.07) is -0.498. The van der Waals surface area contributed by atoms with E-state index in [1.807, 2.05) is 0 Å².